The summed E-state index contributed by atoms with van der Waals surface area (Å²) in [6, 6.07) is 1.75. The number of amides is 1. The molecular formula is C10H19ClN4O. The van der Waals surface area contributed by atoms with Crippen LogP contribution in [-0.4, -0.2) is 28.2 Å². The standard InChI is InChI=1S/C10H18N4O.ClH/c1-4-7-5-8(14-13-7)9(15)12-6-10(2,3)11;/h5H,4,6,11H2,1-3H3,(H,12,15)(H,13,14);1H. The summed E-state index contributed by atoms with van der Waals surface area (Å²) in [6.45, 7) is 6.14. The second kappa shape index (κ2) is 5.86. The minimum Gasteiger partial charge on any atom is -0.349 e. The molecule has 1 aromatic rings. The van der Waals surface area contributed by atoms with Gasteiger partial charge in [0, 0.05) is 17.8 Å². The molecule has 0 saturated carbocycles. The van der Waals surface area contributed by atoms with Gasteiger partial charge in [-0.2, -0.15) is 5.10 Å². The average Bonchev–Trinajstić information content (AvgIpc) is 2.61. The molecule has 0 atom stereocenters. The van der Waals surface area contributed by atoms with Crippen LogP contribution in [-0.2, 0) is 6.42 Å². The number of halogens is 1. The van der Waals surface area contributed by atoms with Crippen molar-refractivity contribution >= 4 is 18.3 Å². The van der Waals surface area contributed by atoms with E-state index in [9.17, 15) is 4.79 Å². The summed E-state index contributed by atoms with van der Waals surface area (Å²) >= 11 is 0. The van der Waals surface area contributed by atoms with Gasteiger partial charge in [0.2, 0.25) is 0 Å². The Kier molecular flexibility index (Phi) is 5.47. The number of nitrogens with two attached hydrogens (primary N) is 1. The van der Waals surface area contributed by atoms with Gasteiger partial charge in [-0.1, -0.05) is 6.92 Å². The Morgan fingerprint density at radius 3 is 2.69 bits per heavy atom. The van der Waals surface area contributed by atoms with Gasteiger partial charge in [-0.05, 0) is 26.3 Å². The first-order valence-electron chi connectivity index (χ1n) is 5.04. The van der Waals surface area contributed by atoms with Crippen LogP contribution in [0.25, 0.3) is 0 Å². The van der Waals surface area contributed by atoms with E-state index in [1.54, 1.807) is 6.07 Å². The summed E-state index contributed by atoms with van der Waals surface area (Å²) in [4.78, 5) is 11.6. The number of hydrogen-bond acceptors (Lipinski definition) is 3. The Labute approximate surface area is 102 Å². The first kappa shape index (κ1) is 14.9. The third kappa shape index (κ3) is 4.63. The Balaban J connectivity index is 0.00000225. The molecule has 0 radical (unpaired) electrons. The van der Waals surface area contributed by atoms with Crippen molar-refractivity contribution in [3.63, 3.8) is 0 Å². The average molecular weight is 247 g/mol. The molecule has 0 saturated heterocycles. The summed E-state index contributed by atoms with van der Waals surface area (Å²) in [6.07, 6.45) is 0.836. The number of nitrogens with zero attached hydrogens (tertiary/aromatic N) is 1. The second-order valence-electron chi connectivity index (χ2n) is 4.30. The topological polar surface area (TPSA) is 83.8 Å². The van der Waals surface area contributed by atoms with E-state index in [1.165, 1.54) is 0 Å². The zero-order valence-corrected chi connectivity index (χ0v) is 10.6. The number of carbonyl (C=O) groups is 1. The van der Waals surface area contributed by atoms with E-state index in [0.717, 1.165) is 12.1 Å². The normalized spacial score (nSPS) is 10.8. The first-order valence-corrected chi connectivity index (χ1v) is 5.04. The fraction of sp³-hybridized carbons (Fsp3) is 0.600. The monoisotopic (exact) mass is 246 g/mol. The second-order valence-corrected chi connectivity index (χ2v) is 4.30. The predicted octanol–water partition coefficient (Wildman–Crippen LogP) is 0.861. The lowest BCUT2D eigenvalue weighted by molar-refractivity contribution is 0.0941. The molecule has 6 heteroatoms. The summed E-state index contributed by atoms with van der Waals surface area (Å²) in [5.74, 6) is -0.190. The zero-order chi connectivity index (χ0) is 11.5. The Hall–Kier alpha value is -1.07. The number of nitrogens with one attached hydrogen (secondary N) is 2. The predicted molar refractivity (Wildman–Crippen MR) is 65.8 cm³/mol. The summed E-state index contributed by atoms with van der Waals surface area (Å²) in [5, 5.41) is 9.43. The van der Waals surface area contributed by atoms with Crippen molar-refractivity contribution in [2.24, 2.45) is 5.73 Å². The van der Waals surface area contributed by atoms with Gasteiger partial charge in [-0.3, -0.25) is 9.89 Å². The summed E-state index contributed by atoms with van der Waals surface area (Å²) in [7, 11) is 0. The number of aryl methyl sites for hydroxylation is 1. The van der Waals surface area contributed by atoms with Crippen molar-refractivity contribution in [2.75, 3.05) is 6.54 Å². The highest BCUT2D eigenvalue weighted by molar-refractivity contribution is 5.92. The maximum atomic E-state index is 11.6. The molecular weight excluding hydrogens is 228 g/mol. The Morgan fingerprint density at radius 1 is 1.62 bits per heavy atom. The van der Waals surface area contributed by atoms with Crippen molar-refractivity contribution in [1.29, 1.82) is 0 Å². The van der Waals surface area contributed by atoms with Gasteiger partial charge in [0.15, 0.2) is 0 Å². The van der Waals surface area contributed by atoms with Crippen molar-refractivity contribution in [1.82, 2.24) is 15.5 Å². The van der Waals surface area contributed by atoms with Crippen LogP contribution in [0.1, 0.15) is 37.0 Å². The number of aromatic amines is 1. The SMILES string of the molecule is CCc1cc(C(=O)NCC(C)(C)N)n[nH]1.Cl. The highest BCUT2D eigenvalue weighted by Gasteiger charge is 2.14. The van der Waals surface area contributed by atoms with E-state index in [4.69, 9.17) is 5.73 Å². The number of aromatic nitrogens is 2. The molecule has 1 aromatic heterocycles. The van der Waals surface area contributed by atoms with Crippen molar-refractivity contribution in [2.45, 2.75) is 32.7 Å². The number of H-pyrrole nitrogens is 1. The maximum Gasteiger partial charge on any atom is 0.271 e. The molecule has 4 N–H and O–H groups in total. The Bertz CT molecular complexity index is 343. The molecule has 1 amide bonds. The molecule has 0 spiro atoms. The highest BCUT2D eigenvalue weighted by Crippen LogP contribution is 2.01. The molecule has 1 heterocycles. The minimum atomic E-state index is -0.403. The van der Waals surface area contributed by atoms with E-state index in [0.29, 0.717) is 12.2 Å². The van der Waals surface area contributed by atoms with Crippen LogP contribution in [0, 0.1) is 0 Å². The Morgan fingerprint density at radius 2 is 2.25 bits per heavy atom. The summed E-state index contributed by atoms with van der Waals surface area (Å²) < 4.78 is 0. The van der Waals surface area contributed by atoms with E-state index in [1.807, 2.05) is 20.8 Å². The van der Waals surface area contributed by atoms with Gasteiger partial charge in [0.1, 0.15) is 5.69 Å². The number of carbonyl (C=O) groups excluding carboxylic acids is 1. The van der Waals surface area contributed by atoms with Crippen LogP contribution in [0.4, 0.5) is 0 Å². The molecule has 1 rings (SSSR count). The molecule has 92 valence electrons. The fourth-order valence-electron chi connectivity index (χ4n) is 1.06. The molecule has 0 fully saturated rings. The smallest absolute Gasteiger partial charge is 0.271 e. The molecule has 0 bridgehead atoms. The van der Waals surface area contributed by atoms with Crippen molar-refractivity contribution in [3.05, 3.63) is 17.5 Å². The van der Waals surface area contributed by atoms with Gasteiger partial charge in [-0.25, -0.2) is 0 Å². The highest BCUT2D eigenvalue weighted by atomic mass is 35.5. The van der Waals surface area contributed by atoms with Crippen LogP contribution in [0.5, 0.6) is 0 Å². The minimum absolute atomic E-state index is 0. The third-order valence-electron chi connectivity index (χ3n) is 1.95. The molecule has 0 aliphatic carbocycles. The molecule has 0 aromatic carbocycles. The lowest BCUT2D eigenvalue weighted by Gasteiger charge is -2.18. The molecule has 0 aliphatic heterocycles. The van der Waals surface area contributed by atoms with Crippen LogP contribution in [0.3, 0.4) is 0 Å². The van der Waals surface area contributed by atoms with E-state index >= 15 is 0 Å². The first-order chi connectivity index (χ1) is 6.92. The van der Waals surface area contributed by atoms with Gasteiger partial charge in [-0.15, -0.1) is 12.4 Å². The molecule has 0 unspecified atom stereocenters. The van der Waals surface area contributed by atoms with Gasteiger partial charge in [0.05, 0.1) is 0 Å². The zero-order valence-electron chi connectivity index (χ0n) is 9.83. The fourth-order valence-corrected chi connectivity index (χ4v) is 1.06. The van der Waals surface area contributed by atoms with Crippen LogP contribution in [0.15, 0.2) is 6.07 Å². The molecule has 16 heavy (non-hydrogen) atoms. The van der Waals surface area contributed by atoms with E-state index < -0.39 is 5.54 Å². The number of hydrogen-bond donors (Lipinski definition) is 3. The van der Waals surface area contributed by atoms with E-state index in [-0.39, 0.29) is 18.3 Å². The summed E-state index contributed by atoms with van der Waals surface area (Å²) in [5.41, 5.74) is 6.71. The van der Waals surface area contributed by atoms with Crippen LogP contribution in [0.2, 0.25) is 0 Å². The van der Waals surface area contributed by atoms with Crippen molar-refractivity contribution < 1.29 is 4.79 Å². The number of rotatable bonds is 4. The maximum absolute atomic E-state index is 11.6. The van der Waals surface area contributed by atoms with Crippen LogP contribution < -0.4 is 11.1 Å². The van der Waals surface area contributed by atoms with Crippen molar-refractivity contribution in [3.8, 4) is 0 Å². The van der Waals surface area contributed by atoms with Gasteiger partial charge in [0.25, 0.3) is 5.91 Å². The largest absolute Gasteiger partial charge is 0.349 e. The van der Waals surface area contributed by atoms with Crippen LogP contribution >= 0.6 is 12.4 Å². The molecule has 0 aliphatic rings. The van der Waals surface area contributed by atoms with Gasteiger partial charge >= 0.3 is 0 Å². The third-order valence-corrected chi connectivity index (χ3v) is 1.95. The molecule has 5 nitrogen and oxygen atoms in total. The lowest BCUT2D eigenvalue weighted by atomic mass is 10.1. The van der Waals surface area contributed by atoms with Gasteiger partial charge < -0.3 is 11.1 Å². The van der Waals surface area contributed by atoms with E-state index in [2.05, 4.69) is 15.5 Å². The quantitative estimate of drug-likeness (QED) is 0.737. The lowest BCUT2D eigenvalue weighted by Crippen LogP contribution is -2.45.